The van der Waals surface area contributed by atoms with E-state index >= 15 is 0 Å². The first kappa shape index (κ1) is 15.6. The summed E-state index contributed by atoms with van der Waals surface area (Å²) in [4.78, 5) is 23.2. The molecule has 4 nitrogen and oxygen atoms in total. The molecule has 1 aromatic carbocycles. The van der Waals surface area contributed by atoms with Gasteiger partial charge in [0.2, 0.25) is 5.91 Å². The first-order valence-electron chi connectivity index (χ1n) is 6.22. The summed E-state index contributed by atoms with van der Waals surface area (Å²) in [6.07, 6.45) is 0.963. The Balaban J connectivity index is 2.37. The van der Waals surface area contributed by atoms with Crippen LogP contribution in [0.5, 0.6) is 0 Å². The highest BCUT2D eigenvalue weighted by Crippen LogP contribution is 2.18. The molecule has 0 spiro atoms. The third kappa shape index (κ3) is 6.29. The number of carboxylic acid groups (broad SMARTS) is 1. The largest absolute Gasteiger partial charge is 0.478 e. The molecule has 0 aromatic heterocycles. The van der Waals surface area contributed by atoms with Crippen molar-refractivity contribution in [2.24, 2.45) is 5.92 Å². The molecule has 0 aliphatic heterocycles. The maximum Gasteiger partial charge on any atom is 0.335 e. The quantitative estimate of drug-likeness (QED) is 0.754. The molecule has 1 amide bonds. The number of thioether (sulfide) groups is 1. The Bertz CT molecular complexity index is 446. The highest BCUT2D eigenvalue weighted by atomic mass is 32.2. The highest BCUT2D eigenvalue weighted by molar-refractivity contribution is 8.00. The molecule has 1 aromatic rings. The summed E-state index contributed by atoms with van der Waals surface area (Å²) < 4.78 is 0. The Labute approximate surface area is 117 Å². The van der Waals surface area contributed by atoms with E-state index in [-0.39, 0.29) is 11.5 Å². The lowest BCUT2D eigenvalue weighted by Gasteiger charge is -2.07. The molecule has 0 saturated carbocycles. The minimum atomic E-state index is -0.955. The Morgan fingerprint density at radius 2 is 2.11 bits per heavy atom. The molecule has 0 bridgehead atoms. The van der Waals surface area contributed by atoms with Gasteiger partial charge in [0, 0.05) is 11.4 Å². The molecule has 0 atom stereocenters. The van der Waals surface area contributed by atoms with Crippen LogP contribution in [0.3, 0.4) is 0 Å². The number of nitrogens with one attached hydrogen (secondary N) is 1. The van der Waals surface area contributed by atoms with Crippen molar-refractivity contribution in [2.45, 2.75) is 25.2 Å². The zero-order valence-corrected chi connectivity index (χ0v) is 12.0. The molecule has 0 fully saturated rings. The zero-order chi connectivity index (χ0) is 14.3. The fourth-order valence-corrected chi connectivity index (χ4v) is 2.20. The van der Waals surface area contributed by atoms with E-state index in [0.29, 0.717) is 18.2 Å². The minimum Gasteiger partial charge on any atom is -0.478 e. The number of hydrogen-bond acceptors (Lipinski definition) is 3. The monoisotopic (exact) mass is 281 g/mol. The third-order valence-electron chi connectivity index (χ3n) is 2.49. The summed E-state index contributed by atoms with van der Waals surface area (Å²) in [5.74, 6) is -0.100. The lowest BCUT2D eigenvalue weighted by molar-refractivity contribution is -0.118. The summed E-state index contributed by atoms with van der Waals surface area (Å²) >= 11 is 1.34. The van der Waals surface area contributed by atoms with Gasteiger partial charge in [-0.1, -0.05) is 19.9 Å². The standard InChI is InChI=1S/C14H19NO3S/c1-10(2)6-7-15-13(16)9-19-12-5-3-4-11(8-12)14(17)18/h3-5,8,10H,6-7,9H2,1-2H3,(H,15,16)(H,17,18). The SMILES string of the molecule is CC(C)CCNC(=O)CSc1cccc(C(=O)O)c1. The number of hydrogen-bond donors (Lipinski definition) is 2. The van der Waals surface area contributed by atoms with Crippen molar-refractivity contribution in [2.75, 3.05) is 12.3 Å². The Morgan fingerprint density at radius 1 is 1.37 bits per heavy atom. The van der Waals surface area contributed by atoms with Crippen molar-refractivity contribution in [3.05, 3.63) is 29.8 Å². The van der Waals surface area contributed by atoms with E-state index in [0.717, 1.165) is 11.3 Å². The van der Waals surface area contributed by atoms with Gasteiger partial charge >= 0.3 is 5.97 Å². The summed E-state index contributed by atoms with van der Waals surface area (Å²) in [5.41, 5.74) is 0.241. The lowest BCUT2D eigenvalue weighted by Crippen LogP contribution is -2.26. The van der Waals surface area contributed by atoms with Gasteiger partial charge in [0.25, 0.3) is 0 Å². The van der Waals surface area contributed by atoms with Gasteiger partial charge in [-0.05, 0) is 30.5 Å². The molecule has 0 aliphatic carbocycles. The van der Waals surface area contributed by atoms with E-state index < -0.39 is 5.97 Å². The van der Waals surface area contributed by atoms with Crippen molar-refractivity contribution in [3.8, 4) is 0 Å². The first-order valence-corrected chi connectivity index (χ1v) is 7.20. The Morgan fingerprint density at radius 3 is 2.74 bits per heavy atom. The normalized spacial score (nSPS) is 10.5. The average molecular weight is 281 g/mol. The molecule has 19 heavy (non-hydrogen) atoms. The minimum absolute atomic E-state index is 0.0219. The van der Waals surface area contributed by atoms with Gasteiger partial charge in [0.1, 0.15) is 0 Å². The Kier molecular flexibility index (Phi) is 6.42. The molecule has 0 unspecified atom stereocenters. The number of aromatic carboxylic acids is 1. The molecule has 104 valence electrons. The van der Waals surface area contributed by atoms with Gasteiger partial charge in [0.05, 0.1) is 11.3 Å². The molecule has 5 heteroatoms. The topological polar surface area (TPSA) is 66.4 Å². The molecule has 0 heterocycles. The molecular weight excluding hydrogens is 262 g/mol. The fraction of sp³-hybridized carbons (Fsp3) is 0.429. The molecule has 1 rings (SSSR count). The predicted octanol–water partition coefficient (Wildman–Crippen LogP) is 2.64. The summed E-state index contributed by atoms with van der Waals surface area (Å²) in [6, 6.07) is 6.60. The summed E-state index contributed by atoms with van der Waals surface area (Å²) in [6.45, 7) is 4.91. The third-order valence-corrected chi connectivity index (χ3v) is 3.49. The highest BCUT2D eigenvalue weighted by Gasteiger charge is 2.06. The van der Waals surface area contributed by atoms with Gasteiger partial charge in [-0.15, -0.1) is 11.8 Å². The van der Waals surface area contributed by atoms with Crippen LogP contribution in [0.1, 0.15) is 30.6 Å². The second kappa shape index (κ2) is 7.84. The molecule has 0 aliphatic rings. The lowest BCUT2D eigenvalue weighted by atomic mass is 10.1. The van der Waals surface area contributed by atoms with Crippen LogP contribution in [0.2, 0.25) is 0 Å². The number of amides is 1. The van der Waals surface area contributed by atoms with Crippen LogP contribution >= 0.6 is 11.8 Å². The van der Waals surface area contributed by atoms with Crippen molar-refractivity contribution in [1.29, 1.82) is 0 Å². The van der Waals surface area contributed by atoms with E-state index in [4.69, 9.17) is 5.11 Å². The predicted molar refractivity (Wildman–Crippen MR) is 76.6 cm³/mol. The van der Waals surface area contributed by atoms with Gasteiger partial charge in [-0.2, -0.15) is 0 Å². The molecular formula is C14H19NO3S. The molecule has 2 N–H and O–H groups in total. The number of carbonyl (C=O) groups excluding carboxylic acids is 1. The number of carbonyl (C=O) groups is 2. The van der Waals surface area contributed by atoms with E-state index in [1.54, 1.807) is 18.2 Å². The Hall–Kier alpha value is -1.49. The van der Waals surface area contributed by atoms with E-state index in [2.05, 4.69) is 19.2 Å². The number of rotatable bonds is 7. The van der Waals surface area contributed by atoms with Crippen LogP contribution in [0.15, 0.2) is 29.2 Å². The average Bonchev–Trinajstić information content (AvgIpc) is 2.36. The smallest absolute Gasteiger partial charge is 0.335 e. The van der Waals surface area contributed by atoms with E-state index in [1.807, 2.05) is 0 Å². The van der Waals surface area contributed by atoms with Crippen LogP contribution in [0.25, 0.3) is 0 Å². The maximum atomic E-state index is 11.6. The maximum absolute atomic E-state index is 11.6. The molecule has 0 saturated heterocycles. The van der Waals surface area contributed by atoms with Crippen LogP contribution in [-0.2, 0) is 4.79 Å². The zero-order valence-electron chi connectivity index (χ0n) is 11.2. The van der Waals surface area contributed by atoms with Crippen molar-refractivity contribution >= 4 is 23.6 Å². The first-order chi connectivity index (χ1) is 8.99. The van der Waals surface area contributed by atoms with Crippen molar-refractivity contribution < 1.29 is 14.7 Å². The van der Waals surface area contributed by atoms with E-state index in [1.165, 1.54) is 17.8 Å². The van der Waals surface area contributed by atoms with Crippen LogP contribution in [0, 0.1) is 5.92 Å². The summed E-state index contributed by atoms with van der Waals surface area (Å²) in [7, 11) is 0. The second-order valence-electron chi connectivity index (χ2n) is 4.65. The van der Waals surface area contributed by atoms with Crippen LogP contribution in [0.4, 0.5) is 0 Å². The van der Waals surface area contributed by atoms with E-state index in [9.17, 15) is 9.59 Å². The van der Waals surface area contributed by atoms with Gasteiger partial charge in [-0.3, -0.25) is 4.79 Å². The van der Waals surface area contributed by atoms with Gasteiger partial charge < -0.3 is 10.4 Å². The van der Waals surface area contributed by atoms with Gasteiger partial charge in [0.15, 0.2) is 0 Å². The van der Waals surface area contributed by atoms with Crippen LogP contribution < -0.4 is 5.32 Å². The van der Waals surface area contributed by atoms with Gasteiger partial charge in [-0.25, -0.2) is 4.79 Å². The van der Waals surface area contributed by atoms with Crippen molar-refractivity contribution in [1.82, 2.24) is 5.32 Å². The summed E-state index contributed by atoms with van der Waals surface area (Å²) in [5, 5.41) is 11.7. The fourth-order valence-electron chi connectivity index (χ4n) is 1.42. The number of benzene rings is 1. The number of carboxylic acids is 1. The second-order valence-corrected chi connectivity index (χ2v) is 5.70. The van der Waals surface area contributed by atoms with Crippen molar-refractivity contribution in [3.63, 3.8) is 0 Å². The molecule has 0 radical (unpaired) electrons. The van der Waals surface area contributed by atoms with Crippen LogP contribution in [-0.4, -0.2) is 29.3 Å².